The zero-order valence-corrected chi connectivity index (χ0v) is 16.7. The number of benzene rings is 3. The molecule has 0 aliphatic rings. The molecule has 4 rings (SSSR count). The van der Waals surface area contributed by atoms with E-state index in [2.05, 4.69) is 10.3 Å². The van der Waals surface area contributed by atoms with Crippen LogP contribution in [0.2, 0.25) is 5.02 Å². The maximum Gasteiger partial charge on any atom is 0.238 e. The fourth-order valence-electron chi connectivity index (χ4n) is 2.71. The Morgan fingerprint density at radius 1 is 0.900 bits per heavy atom. The Morgan fingerprint density at radius 2 is 1.57 bits per heavy atom. The molecule has 1 heterocycles. The van der Waals surface area contributed by atoms with Gasteiger partial charge in [0.2, 0.25) is 26.6 Å². The number of rotatable bonds is 5. The van der Waals surface area contributed by atoms with Crippen LogP contribution in [-0.4, -0.2) is 13.4 Å². The van der Waals surface area contributed by atoms with E-state index >= 15 is 0 Å². The van der Waals surface area contributed by atoms with Gasteiger partial charge in [-0.05, 0) is 60.7 Å². The molecule has 0 aliphatic heterocycles. The van der Waals surface area contributed by atoms with Crippen molar-refractivity contribution in [2.45, 2.75) is 9.92 Å². The van der Waals surface area contributed by atoms with E-state index in [0.29, 0.717) is 10.7 Å². The highest BCUT2D eigenvalue weighted by molar-refractivity contribution is 7.91. The number of hydrogen-bond donors (Lipinski definition) is 1. The number of nitrogens with one attached hydrogen (secondary N) is 1. The first-order valence-electron chi connectivity index (χ1n) is 8.63. The topological polar surface area (TPSA) is 72.2 Å². The number of aromatic nitrogens is 1. The fourth-order valence-corrected chi connectivity index (χ4v) is 4.09. The Kier molecular flexibility index (Phi) is 5.27. The largest absolute Gasteiger partial charge is 0.419 e. The highest BCUT2D eigenvalue weighted by Gasteiger charge is 2.29. The van der Waals surface area contributed by atoms with E-state index < -0.39 is 26.5 Å². The van der Waals surface area contributed by atoms with Crippen molar-refractivity contribution in [3.05, 3.63) is 89.5 Å². The van der Waals surface area contributed by atoms with Crippen molar-refractivity contribution in [2.24, 2.45) is 0 Å². The summed E-state index contributed by atoms with van der Waals surface area (Å²) in [4.78, 5) is 3.86. The fraction of sp³-hybridized carbons (Fsp3) is 0. The van der Waals surface area contributed by atoms with Crippen LogP contribution in [0, 0.1) is 11.6 Å². The van der Waals surface area contributed by atoms with Crippen LogP contribution < -0.4 is 5.32 Å². The highest BCUT2D eigenvalue weighted by atomic mass is 35.5. The molecule has 0 fully saturated rings. The van der Waals surface area contributed by atoms with Gasteiger partial charge in [-0.2, -0.15) is 4.98 Å². The normalized spacial score (nSPS) is 11.4. The molecular weight excluding hydrogens is 434 g/mol. The minimum atomic E-state index is -4.20. The average Bonchev–Trinajstić information content (AvgIpc) is 3.15. The Morgan fingerprint density at radius 3 is 2.23 bits per heavy atom. The van der Waals surface area contributed by atoms with E-state index in [1.54, 1.807) is 30.3 Å². The van der Waals surface area contributed by atoms with E-state index in [-0.39, 0.29) is 22.2 Å². The van der Waals surface area contributed by atoms with Gasteiger partial charge in [0, 0.05) is 10.7 Å². The minimum absolute atomic E-state index is 0.00258. The maximum atomic E-state index is 14.2. The maximum absolute atomic E-state index is 14.2. The second kappa shape index (κ2) is 7.89. The Hall–Kier alpha value is -3.23. The van der Waals surface area contributed by atoms with Crippen molar-refractivity contribution >= 4 is 33.0 Å². The molecule has 4 aromatic rings. The van der Waals surface area contributed by atoms with Gasteiger partial charge in [0.15, 0.2) is 0 Å². The predicted molar refractivity (Wildman–Crippen MR) is 108 cm³/mol. The molecule has 0 amide bonds. The lowest BCUT2D eigenvalue weighted by atomic mass is 10.2. The Balaban J connectivity index is 1.85. The van der Waals surface area contributed by atoms with Crippen molar-refractivity contribution in [1.29, 1.82) is 0 Å². The van der Waals surface area contributed by atoms with Gasteiger partial charge in [-0.1, -0.05) is 23.7 Å². The Labute approximate surface area is 175 Å². The molecule has 3 aromatic carbocycles. The number of oxazole rings is 1. The first kappa shape index (κ1) is 20.1. The third-order valence-electron chi connectivity index (χ3n) is 4.18. The van der Waals surface area contributed by atoms with Gasteiger partial charge in [-0.15, -0.1) is 0 Å². The van der Waals surface area contributed by atoms with E-state index in [1.165, 1.54) is 18.2 Å². The minimum Gasteiger partial charge on any atom is -0.419 e. The van der Waals surface area contributed by atoms with Crippen LogP contribution in [-0.2, 0) is 9.84 Å². The summed E-state index contributed by atoms with van der Waals surface area (Å²) in [5, 5.41) is 2.87. The molecule has 0 saturated heterocycles. The molecule has 5 nitrogen and oxygen atoms in total. The number of hydrogen-bond acceptors (Lipinski definition) is 5. The SMILES string of the molecule is O=S(=O)(c1ccc(F)cc1)c1nc(-c2ccccc2F)oc1Nc1ccc(Cl)cc1. The third kappa shape index (κ3) is 3.92. The van der Waals surface area contributed by atoms with E-state index in [9.17, 15) is 17.2 Å². The molecule has 9 heteroatoms. The summed E-state index contributed by atoms with van der Waals surface area (Å²) in [7, 11) is -4.20. The molecular formula is C21H13ClF2N2O3S. The first-order valence-corrected chi connectivity index (χ1v) is 10.5. The summed E-state index contributed by atoms with van der Waals surface area (Å²) < 4.78 is 59.4. The van der Waals surface area contributed by atoms with Crippen molar-refractivity contribution in [3.63, 3.8) is 0 Å². The molecule has 0 unspecified atom stereocenters. The van der Waals surface area contributed by atoms with E-state index in [1.807, 2.05) is 0 Å². The van der Waals surface area contributed by atoms with E-state index in [4.69, 9.17) is 16.0 Å². The molecule has 152 valence electrons. The Bertz CT molecular complexity index is 1310. The van der Waals surface area contributed by atoms with Crippen LogP contribution in [0.1, 0.15) is 0 Å². The lowest BCUT2D eigenvalue weighted by Crippen LogP contribution is -2.05. The molecule has 0 radical (unpaired) electrons. The third-order valence-corrected chi connectivity index (χ3v) is 6.11. The predicted octanol–water partition coefficient (Wildman–Crippen LogP) is 5.85. The van der Waals surface area contributed by atoms with Gasteiger partial charge in [-0.3, -0.25) is 0 Å². The second-order valence-corrected chi connectivity index (χ2v) is 8.52. The van der Waals surface area contributed by atoms with Gasteiger partial charge >= 0.3 is 0 Å². The van der Waals surface area contributed by atoms with Gasteiger partial charge in [0.1, 0.15) is 11.6 Å². The molecule has 0 saturated carbocycles. The van der Waals surface area contributed by atoms with Crippen LogP contribution in [0.5, 0.6) is 0 Å². The summed E-state index contributed by atoms with van der Waals surface area (Å²) in [5.41, 5.74) is 0.475. The molecule has 0 aliphatic carbocycles. The van der Waals surface area contributed by atoms with Crippen LogP contribution in [0.15, 0.2) is 87.1 Å². The van der Waals surface area contributed by atoms with Crippen LogP contribution in [0.25, 0.3) is 11.5 Å². The quantitative estimate of drug-likeness (QED) is 0.389. The summed E-state index contributed by atoms with van der Waals surface area (Å²) >= 11 is 5.88. The number of halogens is 3. The zero-order chi connectivity index (χ0) is 21.3. The highest BCUT2D eigenvalue weighted by Crippen LogP contribution is 2.35. The summed E-state index contributed by atoms with van der Waals surface area (Å²) in [6.45, 7) is 0. The van der Waals surface area contributed by atoms with Crippen molar-refractivity contribution in [1.82, 2.24) is 4.98 Å². The van der Waals surface area contributed by atoms with Crippen LogP contribution >= 0.6 is 11.6 Å². The van der Waals surface area contributed by atoms with Crippen molar-refractivity contribution in [3.8, 4) is 11.5 Å². The van der Waals surface area contributed by atoms with Crippen molar-refractivity contribution in [2.75, 3.05) is 5.32 Å². The lowest BCUT2D eigenvalue weighted by molar-refractivity contribution is 0.572. The standard InChI is InChI=1S/C21H13ClF2N2O3S/c22-13-5-9-15(10-6-13)25-20-21(30(27,28)16-11-7-14(23)8-12-16)26-19(29-20)17-3-1-2-4-18(17)24/h1-12,25H. The molecule has 0 spiro atoms. The van der Waals surface area contributed by atoms with Gasteiger partial charge in [-0.25, -0.2) is 17.2 Å². The second-order valence-electron chi connectivity index (χ2n) is 6.22. The average molecular weight is 447 g/mol. The molecule has 0 atom stereocenters. The monoisotopic (exact) mass is 446 g/mol. The smallest absolute Gasteiger partial charge is 0.238 e. The number of sulfone groups is 1. The molecule has 1 N–H and O–H groups in total. The van der Waals surface area contributed by atoms with Crippen LogP contribution in [0.3, 0.4) is 0 Å². The van der Waals surface area contributed by atoms with Crippen molar-refractivity contribution < 1.29 is 21.6 Å². The zero-order valence-electron chi connectivity index (χ0n) is 15.1. The lowest BCUT2D eigenvalue weighted by Gasteiger charge is -2.06. The number of nitrogens with zero attached hydrogens (tertiary/aromatic N) is 1. The molecule has 30 heavy (non-hydrogen) atoms. The van der Waals surface area contributed by atoms with Gasteiger partial charge in [0.25, 0.3) is 0 Å². The summed E-state index contributed by atoms with van der Waals surface area (Å²) in [6.07, 6.45) is 0. The first-order chi connectivity index (χ1) is 14.3. The molecule has 0 bridgehead atoms. The van der Waals surface area contributed by atoms with Gasteiger partial charge in [0.05, 0.1) is 10.5 Å². The van der Waals surface area contributed by atoms with Gasteiger partial charge < -0.3 is 9.73 Å². The molecule has 1 aromatic heterocycles. The van der Waals surface area contributed by atoms with Crippen LogP contribution in [0.4, 0.5) is 20.4 Å². The number of anilines is 2. The summed E-state index contributed by atoms with van der Waals surface area (Å²) in [6, 6.07) is 16.4. The summed E-state index contributed by atoms with van der Waals surface area (Å²) in [5.74, 6) is -1.63. The van der Waals surface area contributed by atoms with E-state index in [0.717, 1.165) is 24.3 Å².